The molecule has 0 aliphatic carbocycles. The Hall–Kier alpha value is -4.24. The van der Waals surface area contributed by atoms with Crippen LogP contribution in [0.25, 0.3) is 22.5 Å². The van der Waals surface area contributed by atoms with E-state index in [-0.39, 0.29) is 5.91 Å². The van der Waals surface area contributed by atoms with Gasteiger partial charge in [0.05, 0.1) is 23.0 Å². The standard InChI is InChI=1S/C24H20ClN7O2/c1-15-11-21(29-24(33)16(2)34-19-9-4-3-5-10-19)32(30-15)23-20-13-28-31(22(20)26-14-27-23)18-8-6-7-17(25)12-18/h3-14,16H,1-2H3,(H,29,33). The Kier molecular flexibility index (Phi) is 5.69. The molecule has 1 unspecified atom stereocenters. The number of carbonyl (C=O) groups excluding carboxylic acids is 1. The molecule has 0 saturated heterocycles. The quantitative estimate of drug-likeness (QED) is 0.393. The lowest BCUT2D eigenvalue weighted by atomic mass is 10.3. The van der Waals surface area contributed by atoms with E-state index in [4.69, 9.17) is 16.3 Å². The summed E-state index contributed by atoms with van der Waals surface area (Å²) in [5.74, 6) is 1.24. The zero-order valence-corrected chi connectivity index (χ0v) is 19.1. The lowest BCUT2D eigenvalue weighted by molar-refractivity contribution is -0.122. The first-order valence-electron chi connectivity index (χ1n) is 10.5. The largest absolute Gasteiger partial charge is 0.481 e. The summed E-state index contributed by atoms with van der Waals surface area (Å²) in [4.78, 5) is 21.7. The monoisotopic (exact) mass is 473 g/mol. The molecule has 0 radical (unpaired) electrons. The number of hydrogen-bond acceptors (Lipinski definition) is 6. The number of anilines is 1. The summed E-state index contributed by atoms with van der Waals surface area (Å²) in [7, 11) is 0. The van der Waals surface area contributed by atoms with E-state index < -0.39 is 6.10 Å². The smallest absolute Gasteiger partial charge is 0.266 e. The number of rotatable bonds is 6. The second-order valence-electron chi connectivity index (χ2n) is 7.62. The molecule has 5 rings (SSSR count). The van der Waals surface area contributed by atoms with Gasteiger partial charge in [-0.25, -0.2) is 14.6 Å². The molecule has 1 N–H and O–H groups in total. The number of nitrogens with zero attached hydrogens (tertiary/aromatic N) is 6. The van der Waals surface area contributed by atoms with Crippen molar-refractivity contribution in [1.82, 2.24) is 29.5 Å². The minimum atomic E-state index is -0.720. The van der Waals surface area contributed by atoms with Crippen LogP contribution in [0.1, 0.15) is 12.6 Å². The molecule has 10 heteroatoms. The highest BCUT2D eigenvalue weighted by Crippen LogP contribution is 2.25. The predicted molar refractivity (Wildman–Crippen MR) is 129 cm³/mol. The van der Waals surface area contributed by atoms with Gasteiger partial charge in [-0.3, -0.25) is 4.79 Å². The number of hydrogen-bond donors (Lipinski definition) is 1. The van der Waals surface area contributed by atoms with Gasteiger partial charge in [-0.05, 0) is 44.2 Å². The summed E-state index contributed by atoms with van der Waals surface area (Å²) >= 11 is 6.15. The van der Waals surface area contributed by atoms with Crippen LogP contribution in [-0.4, -0.2) is 41.5 Å². The van der Waals surface area contributed by atoms with Gasteiger partial charge in [-0.15, -0.1) is 0 Å². The third-order valence-corrected chi connectivity index (χ3v) is 5.34. The van der Waals surface area contributed by atoms with Gasteiger partial charge >= 0.3 is 0 Å². The number of benzene rings is 2. The second kappa shape index (κ2) is 8.95. The van der Waals surface area contributed by atoms with Crippen molar-refractivity contribution in [1.29, 1.82) is 0 Å². The SMILES string of the molecule is Cc1cc(NC(=O)C(C)Oc2ccccc2)n(-c2ncnc3c2cnn3-c2cccc(Cl)c2)n1. The summed E-state index contributed by atoms with van der Waals surface area (Å²) in [6, 6.07) is 18.3. The van der Waals surface area contributed by atoms with Crippen LogP contribution in [0.2, 0.25) is 5.02 Å². The van der Waals surface area contributed by atoms with Crippen molar-refractivity contribution in [2.75, 3.05) is 5.32 Å². The molecule has 9 nitrogen and oxygen atoms in total. The summed E-state index contributed by atoms with van der Waals surface area (Å²) in [6.07, 6.45) is 2.38. The third-order valence-electron chi connectivity index (χ3n) is 5.11. The molecule has 0 bridgehead atoms. The number of amides is 1. The van der Waals surface area contributed by atoms with E-state index in [1.807, 2.05) is 37.3 Å². The molecule has 3 heterocycles. The Bertz CT molecular complexity index is 1480. The molecule has 0 saturated carbocycles. The summed E-state index contributed by atoms with van der Waals surface area (Å²) < 4.78 is 8.98. The fraction of sp³-hybridized carbons (Fsp3) is 0.125. The molecule has 0 aliphatic rings. The van der Waals surface area contributed by atoms with E-state index in [1.54, 1.807) is 52.8 Å². The number of fused-ring (bicyclic) bond motifs is 1. The fourth-order valence-corrected chi connectivity index (χ4v) is 3.72. The molecule has 34 heavy (non-hydrogen) atoms. The average molecular weight is 474 g/mol. The Morgan fingerprint density at radius 2 is 1.88 bits per heavy atom. The molecule has 5 aromatic rings. The van der Waals surface area contributed by atoms with Gasteiger partial charge in [0.25, 0.3) is 5.91 Å². The Morgan fingerprint density at radius 1 is 1.06 bits per heavy atom. The van der Waals surface area contributed by atoms with Crippen LogP contribution < -0.4 is 10.1 Å². The van der Waals surface area contributed by atoms with Crippen molar-refractivity contribution in [3.63, 3.8) is 0 Å². The van der Waals surface area contributed by atoms with Crippen LogP contribution in [0.3, 0.4) is 0 Å². The average Bonchev–Trinajstić information content (AvgIpc) is 3.43. The molecule has 0 spiro atoms. The second-order valence-corrected chi connectivity index (χ2v) is 8.05. The topological polar surface area (TPSA) is 99.7 Å². The highest BCUT2D eigenvalue weighted by Gasteiger charge is 2.20. The van der Waals surface area contributed by atoms with Gasteiger partial charge in [0.15, 0.2) is 17.6 Å². The lowest BCUT2D eigenvalue weighted by Gasteiger charge is -2.15. The number of carbonyl (C=O) groups is 1. The molecule has 1 amide bonds. The maximum atomic E-state index is 12.9. The minimum absolute atomic E-state index is 0.315. The number of aromatic nitrogens is 6. The number of para-hydroxylation sites is 1. The van der Waals surface area contributed by atoms with Gasteiger partial charge in [0.1, 0.15) is 17.9 Å². The van der Waals surface area contributed by atoms with Crippen LogP contribution in [0, 0.1) is 6.92 Å². The zero-order valence-electron chi connectivity index (χ0n) is 18.4. The number of halogens is 1. The zero-order chi connectivity index (χ0) is 23.7. The van der Waals surface area contributed by atoms with E-state index in [0.717, 1.165) is 5.69 Å². The molecule has 3 aromatic heterocycles. The molecular formula is C24H20ClN7O2. The maximum absolute atomic E-state index is 12.9. The van der Waals surface area contributed by atoms with Crippen molar-refractivity contribution in [3.05, 3.63) is 83.9 Å². The first kappa shape index (κ1) is 21.6. The number of nitrogens with one attached hydrogen (secondary N) is 1. The van der Waals surface area contributed by atoms with Crippen molar-refractivity contribution >= 4 is 34.4 Å². The number of aryl methyl sites for hydroxylation is 1. The van der Waals surface area contributed by atoms with Crippen LogP contribution >= 0.6 is 11.6 Å². The Labute approximate surface area is 200 Å². The lowest BCUT2D eigenvalue weighted by Crippen LogP contribution is -2.31. The molecule has 1 atom stereocenters. The highest BCUT2D eigenvalue weighted by molar-refractivity contribution is 6.30. The Morgan fingerprint density at radius 3 is 2.68 bits per heavy atom. The first-order valence-corrected chi connectivity index (χ1v) is 10.9. The molecule has 0 aliphatic heterocycles. The minimum Gasteiger partial charge on any atom is -0.481 e. The van der Waals surface area contributed by atoms with Crippen molar-refractivity contribution in [2.45, 2.75) is 20.0 Å². The van der Waals surface area contributed by atoms with Gasteiger partial charge in [0.2, 0.25) is 0 Å². The molecule has 2 aromatic carbocycles. The van der Waals surface area contributed by atoms with E-state index in [9.17, 15) is 4.79 Å². The van der Waals surface area contributed by atoms with Gasteiger partial charge in [-0.1, -0.05) is 35.9 Å². The van der Waals surface area contributed by atoms with E-state index in [2.05, 4.69) is 25.5 Å². The van der Waals surface area contributed by atoms with Gasteiger partial charge < -0.3 is 10.1 Å². The summed E-state index contributed by atoms with van der Waals surface area (Å²) in [5.41, 5.74) is 2.06. The van der Waals surface area contributed by atoms with Crippen molar-refractivity contribution < 1.29 is 9.53 Å². The van der Waals surface area contributed by atoms with Crippen molar-refractivity contribution in [2.24, 2.45) is 0 Å². The van der Waals surface area contributed by atoms with Crippen LogP contribution in [0.15, 0.2) is 73.2 Å². The summed E-state index contributed by atoms with van der Waals surface area (Å²) in [6.45, 7) is 3.53. The van der Waals surface area contributed by atoms with Crippen LogP contribution in [0.4, 0.5) is 5.82 Å². The van der Waals surface area contributed by atoms with Gasteiger partial charge in [0, 0.05) is 11.1 Å². The number of ether oxygens (including phenoxy) is 1. The Balaban J connectivity index is 1.47. The summed E-state index contributed by atoms with van der Waals surface area (Å²) in [5, 5.41) is 13.2. The molecule has 0 fully saturated rings. The molecular weight excluding hydrogens is 454 g/mol. The van der Waals surface area contributed by atoms with E-state index in [1.165, 1.54) is 6.33 Å². The maximum Gasteiger partial charge on any atom is 0.266 e. The first-order chi connectivity index (χ1) is 16.5. The van der Waals surface area contributed by atoms with Crippen LogP contribution in [-0.2, 0) is 4.79 Å². The van der Waals surface area contributed by atoms with Gasteiger partial charge in [-0.2, -0.15) is 14.9 Å². The third kappa shape index (κ3) is 4.20. The normalized spacial score (nSPS) is 12.0. The van der Waals surface area contributed by atoms with E-state index in [0.29, 0.717) is 39.1 Å². The predicted octanol–water partition coefficient (Wildman–Crippen LogP) is 4.37. The van der Waals surface area contributed by atoms with E-state index >= 15 is 0 Å². The molecule has 170 valence electrons. The van der Waals surface area contributed by atoms with Crippen LogP contribution in [0.5, 0.6) is 5.75 Å². The van der Waals surface area contributed by atoms with Crippen molar-refractivity contribution in [3.8, 4) is 17.3 Å². The fourth-order valence-electron chi connectivity index (χ4n) is 3.53. The highest BCUT2D eigenvalue weighted by atomic mass is 35.5.